The number of carbonyl (C=O) groups excluding carboxylic acids is 1. The summed E-state index contributed by atoms with van der Waals surface area (Å²) in [5, 5.41) is 32.7. The van der Waals surface area contributed by atoms with Gasteiger partial charge in [-0.05, 0) is 57.4 Å². The first-order valence-electron chi connectivity index (χ1n) is 19.1. The lowest BCUT2D eigenvalue weighted by Crippen LogP contribution is -2.43. The van der Waals surface area contributed by atoms with E-state index >= 15 is 0 Å². The third kappa shape index (κ3) is 7.31. The van der Waals surface area contributed by atoms with E-state index in [2.05, 4.69) is 18.0 Å². The Bertz CT molecular complexity index is 2750. The van der Waals surface area contributed by atoms with Gasteiger partial charge in [0, 0.05) is 67.6 Å². The van der Waals surface area contributed by atoms with Gasteiger partial charge in [0.15, 0.2) is 0 Å². The Hall–Kier alpha value is -6.79. The minimum atomic E-state index is -0.918. The largest absolute Gasteiger partial charge is 0.494 e. The number of aliphatic hydroxyl groups is 1. The van der Waals surface area contributed by atoms with Crippen molar-refractivity contribution in [1.82, 2.24) is 18.3 Å². The lowest BCUT2D eigenvalue weighted by Gasteiger charge is -2.21. The smallest absolute Gasteiger partial charge is 0.333 e. The monoisotopic (exact) mass is 804 g/mol. The second-order valence-corrected chi connectivity index (χ2v) is 15.4. The molecule has 0 bridgehead atoms. The molecule has 2 aromatic heterocycles. The molecule has 0 saturated carbocycles. The second-order valence-electron chi connectivity index (χ2n) is 15.4. The average molecular weight is 805 g/mol. The van der Waals surface area contributed by atoms with E-state index in [-0.39, 0.29) is 50.3 Å². The van der Waals surface area contributed by atoms with Crippen LogP contribution in [0.1, 0.15) is 56.4 Å². The maximum Gasteiger partial charge on any atom is 0.333 e. The molecule has 0 unspecified atom stereocenters. The van der Waals surface area contributed by atoms with Crippen molar-refractivity contribution in [3.8, 4) is 11.8 Å². The molecule has 15 heteroatoms. The molecule has 4 aromatic rings. The van der Waals surface area contributed by atoms with Crippen LogP contribution in [0.3, 0.4) is 0 Å². The van der Waals surface area contributed by atoms with Crippen molar-refractivity contribution in [1.29, 1.82) is 0 Å². The quantitative estimate of drug-likeness (QED) is 0.109. The van der Waals surface area contributed by atoms with Gasteiger partial charge in [-0.3, -0.25) is 27.9 Å². The predicted molar refractivity (Wildman–Crippen MR) is 225 cm³/mol. The summed E-state index contributed by atoms with van der Waals surface area (Å²) in [6, 6.07) is 15.6. The maximum absolute atomic E-state index is 13.8. The Balaban J connectivity index is 1.40. The zero-order valence-corrected chi connectivity index (χ0v) is 34.0. The van der Waals surface area contributed by atoms with Gasteiger partial charge in [-0.1, -0.05) is 54.4 Å². The second kappa shape index (κ2) is 16.2. The molecule has 2 aliphatic heterocycles. The van der Waals surface area contributed by atoms with E-state index in [0.717, 1.165) is 46.8 Å². The SMILES string of the molecule is C=CC(=O)OCCn1c(=O)c(C=C=C2N(C)c3ccccc3C2(C)C)c(O)n(CCCn2c(O)c(C=C=C3N(C)c4ccccc4C3(C)C)c(=O)n(CCO)c2=O)c1=O. The van der Waals surface area contributed by atoms with Crippen LogP contribution in [0.4, 0.5) is 11.4 Å². The number of esters is 1. The molecule has 0 saturated heterocycles. The molecule has 59 heavy (non-hydrogen) atoms. The highest BCUT2D eigenvalue weighted by molar-refractivity contribution is 5.81. The molecule has 3 N–H and O–H groups in total. The molecule has 0 radical (unpaired) electrons. The number of fused-ring (bicyclic) bond motifs is 2. The molecule has 2 aliphatic rings. The summed E-state index contributed by atoms with van der Waals surface area (Å²) in [7, 11) is 3.73. The van der Waals surface area contributed by atoms with Crippen molar-refractivity contribution >= 4 is 29.5 Å². The summed E-state index contributed by atoms with van der Waals surface area (Å²) in [4.78, 5) is 70.4. The fourth-order valence-corrected chi connectivity index (χ4v) is 8.01. The van der Waals surface area contributed by atoms with Crippen molar-refractivity contribution in [2.45, 2.75) is 71.1 Å². The number of para-hydroxylation sites is 2. The average Bonchev–Trinajstić information content (AvgIpc) is 3.53. The van der Waals surface area contributed by atoms with E-state index in [1.165, 1.54) is 12.2 Å². The highest BCUT2D eigenvalue weighted by Gasteiger charge is 2.39. The number of rotatable bonds is 12. The maximum atomic E-state index is 13.8. The molecule has 15 nitrogen and oxygen atoms in total. The van der Waals surface area contributed by atoms with Gasteiger partial charge in [0.1, 0.15) is 17.7 Å². The molecular weight excluding hydrogens is 757 g/mol. The van der Waals surface area contributed by atoms with Crippen molar-refractivity contribution in [3.05, 3.63) is 148 Å². The number of carbonyl (C=O) groups is 1. The Morgan fingerprint density at radius 3 is 1.53 bits per heavy atom. The number of nitrogens with zero attached hydrogens (tertiary/aromatic N) is 6. The van der Waals surface area contributed by atoms with Crippen LogP contribution in [-0.4, -0.2) is 66.9 Å². The van der Waals surface area contributed by atoms with Gasteiger partial charge in [-0.25, -0.2) is 14.4 Å². The lowest BCUT2D eigenvalue weighted by atomic mass is 9.84. The van der Waals surface area contributed by atoms with Gasteiger partial charge >= 0.3 is 17.3 Å². The number of aromatic nitrogens is 4. The van der Waals surface area contributed by atoms with E-state index < -0.39 is 57.7 Å². The van der Waals surface area contributed by atoms with Crippen LogP contribution >= 0.6 is 0 Å². The van der Waals surface area contributed by atoms with Crippen molar-refractivity contribution < 1.29 is 24.9 Å². The van der Waals surface area contributed by atoms with Crippen LogP contribution < -0.4 is 32.3 Å². The molecule has 0 amide bonds. The summed E-state index contributed by atoms with van der Waals surface area (Å²) in [5.41, 5.74) is 6.72. The molecule has 2 aromatic carbocycles. The minimum Gasteiger partial charge on any atom is -0.494 e. The molecule has 4 heterocycles. The summed E-state index contributed by atoms with van der Waals surface area (Å²) < 4.78 is 8.57. The van der Waals surface area contributed by atoms with E-state index in [4.69, 9.17) is 4.74 Å². The van der Waals surface area contributed by atoms with Crippen molar-refractivity contribution in [3.63, 3.8) is 0 Å². The number of hydrogen-bond donors (Lipinski definition) is 3. The fourth-order valence-electron chi connectivity index (χ4n) is 8.01. The van der Waals surface area contributed by atoms with Gasteiger partial charge in [-0.2, -0.15) is 0 Å². The summed E-state index contributed by atoms with van der Waals surface area (Å²) in [5.74, 6) is -2.07. The Morgan fingerprint density at radius 1 is 0.695 bits per heavy atom. The van der Waals surface area contributed by atoms with E-state index in [9.17, 15) is 39.3 Å². The van der Waals surface area contributed by atoms with Gasteiger partial charge in [-0.15, -0.1) is 0 Å². The minimum absolute atomic E-state index is 0.0629. The molecule has 0 spiro atoms. The van der Waals surface area contributed by atoms with Crippen molar-refractivity contribution in [2.24, 2.45) is 0 Å². The molecule has 0 atom stereocenters. The molecule has 6 rings (SSSR count). The number of aromatic hydroxyl groups is 2. The summed E-state index contributed by atoms with van der Waals surface area (Å²) in [6.45, 7) is 9.29. The van der Waals surface area contributed by atoms with E-state index in [1.54, 1.807) is 0 Å². The first kappa shape index (κ1) is 41.8. The lowest BCUT2D eigenvalue weighted by molar-refractivity contribution is -0.138. The first-order chi connectivity index (χ1) is 28.0. The molecule has 0 aliphatic carbocycles. The molecular formula is C44H48N6O9. The van der Waals surface area contributed by atoms with Gasteiger partial charge < -0.3 is 29.9 Å². The van der Waals surface area contributed by atoms with Crippen LogP contribution in [0.5, 0.6) is 11.8 Å². The number of anilines is 2. The number of likely N-dealkylation sites (N-methyl/N-ethyl adjacent to an activating group) is 2. The highest BCUT2D eigenvalue weighted by atomic mass is 16.5. The zero-order valence-electron chi connectivity index (χ0n) is 34.0. The predicted octanol–water partition coefficient (Wildman–Crippen LogP) is 3.40. The van der Waals surface area contributed by atoms with Gasteiger partial charge in [0.05, 0.1) is 31.1 Å². The topological polar surface area (TPSA) is 181 Å². The van der Waals surface area contributed by atoms with Crippen LogP contribution in [0, 0.1) is 0 Å². The summed E-state index contributed by atoms with van der Waals surface area (Å²) in [6.07, 6.45) is 3.52. The van der Waals surface area contributed by atoms with E-state index in [0.29, 0.717) is 11.4 Å². The standard InChI is InChI=1S/C44H48N6O9/c1-8-36(52)59-27-25-50-40(56)29(19-21-35-44(4,5)31-15-10-12-17-33(31)46(35)7)38(54)48(42(50)58)23-13-22-47-37(53)28(39(55)49(24-26-51)41(47)57)18-20-34-43(2,3)30-14-9-11-16-32(30)45(34)6/h8-12,14-19,51,53-54H,1,13,22-27H2,2-7H3. The fraction of sp³-hybridized carbons (Fsp3) is 0.341. The number of benzene rings is 2. The third-order valence-corrected chi connectivity index (χ3v) is 11.1. The first-order valence-corrected chi connectivity index (χ1v) is 19.1. The number of ether oxygens (including phenoxy) is 1. The number of hydrogen-bond acceptors (Lipinski definition) is 11. The van der Waals surface area contributed by atoms with E-state index in [1.807, 2.05) is 100 Å². The third-order valence-electron chi connectivity index (χ3n) is 11.1. The van der Waals surface area contributed by atoms with Crippen LogP contribution in [0.25, 0.3) is 12.2 Å². The Kier molecular flexibility index (Phi) is 11.5. The number of aliphatic hydroxyl groups excluding tert-OH is 1. The van der Waals surface area contributed by atoms with Gasteiger partial charge in [0.25, 0.3) is 11.1 Å². The number of allylic oxidation sites excluding steroid dienone is 2. The zero-order chi connectivity index (χ0) is 43.0. The van der Waals surface area contributed by atoms with Gasteiger partial charge in [0.2, 0.25) is 11.8 Å². The Morgan fingerprint density at radius 2 is 1.12 bits per heavy atom. The summed E-state index contributed by atoms with van der Waals surface area (Å²) >= 11 is 0. The Labute approximate surface area is 339 Å². The van der Waals surface area contributed by atoms with Crippen LogP contribution in [0.2, 0.25) is 0 Å². The highest BCUT2D eigenvalue weighted by Crippen LogP contribution is 2.47. The molecule has 0 fully saturated rings. The molecule has 308 valence electrons. The normalized spacial score (nSPS) is 14.7. The van der Waals surface area contributed by atoms with Crippen LogP contribution in [-0.2, 0) is 46.5 Å². The van der Waals surface area contributed by atoms with Crippen LogP contribution in [0.15, 0.2) is 103 Å². The van der Waals surface area contributed by atoms with Crippen molar-refractivity contribution in [2.75, 3.05) is 37.1 Å².